The predicted molar refractivity (Wildman–Crippen MR) is 85.0 cm³/mol. The molecular formula is C16H15BrN2O. The van der Waals surface area contributed by atoms with E-state index in [1.807, 2.05) is 29.2 Å². The summed E-state index contributed by atoms with van der Waals surface area (Å²) in [5, 5.41) is 0. The lowest BCUT2D eigenvalue weighted by molar-refractivity contribution is 0.0981. The number of nitrogen functional groups attached to an aromatic ring is 1. The van der Waals surface area contributed by atoms with Gasteiger partial charge in [0.1, 0.15) is 0 Å². The molecule has 2 aromatic carbocycles. The van der Waals surface area contributed by atoms with Gasteiger partial charge in [0.05, 0.1) is 5.56 Å². The molecule has 1 atom stereocenters. The lowest BCUT2D eigenvalue weighted by Crippen LogP contribution is -2.35. The molecule has 0 bridgehead atoms. The van der Waals surface area contributed by atoms with Crippen molar-refractivity contribution < 1.29 is 4.79 Å². The van der Waals surface area contributed by atoms with E-state index in [1.54, 1.807) is 12.1 Å². The highest BCUT2D eigenvalue weighted by Crippen LogP contribution is 2.34. The van der Waals surface area contributed by atoms with Crippen LogP contribution in [0.1, 0.15) is 22.8 Å². The van der Waals surface area contributed by atoms with Crippen LogP contribution in [0.2, 0.25) is 0 Å². The quantitative estimate of drug-likeness (QED) is 0.811. The van der Waals surface area contributed by atoms with Crippen molar-refractivity contribution in [2.24, 2.45) is 0 Å². The minimum Gasteiger partial charge on any atom is -0.399 e. The molecule has 102 valence electrons. The Morgan fingerprint density at radius 3 is 2.85 bits per heavy atom. The Labute approximate surface area is 126 Å². The summed E-state index contributed by atoms with van der Waals surface area (Å²) in [6.45, 7) is 2.07. The van der Waals surface area contributed by atoms with Crippen molar-refractivity contribution in [1.29, 1.82) is 0 Å². The van der Waals surface area contributed by atoms with E-state index in [-0.39, 0.29) is 11.9 Å². The Kier molecular flexibility index (Phi) is 3.26. The van der Waals surface area contributed by atoms with Gasteiger partial charge in [0.15, 0.2) is 0 Å². The number of fused-ring (bicyclic) bond motifs is 1. The molecule has 1 unspecified atom stereocenters. The standard InChI is InChI=1S/C16H15BrN2O/c1-10-8-11-4-2-3-5-15(11)19(10)16(20)13-9-12(18)6-7-14(13)17/h2-7,9-10H,8,18H2,1H3. The molecule has 2 aromatic rings. The molecule has 0 saturated heterocycles. The molecule has 1 amide bonds. The molecule has 1 heterocycles. The van der Waals surface area contributed by atoms with Gasteiger partial charge in [-0.05, 0) is 59.1 Å². The topological polar surface area (TPSA) is 46.3 Å². The summed E-state index contributed by atoms with van der Waals surface area (Å²) >= 11 is 3.43. The van der Waals surface area contributed by atoms with Crippen molar-refractivity contribution in [3.63, 3.8) is 0 Å². The summed E-state index contributed by atoms with van der Waals surface area (Å²) in [7, 11) is 0. The third-order valence-corrected chi connectivity index (χ3v) is 4.34. The number of hydrogen-bond acceptors (Lipinski definition) is 2. The lowest BCUT2D eigenvalue weighted by atomic mass is 10.1. The highest BCUT2D eigenvalue weighted by Gasteiger charge is 2.31. The van der Waals surface area contributed by atoms with Crippen molar-refractivity contribution in [3.05, 3.63) is 58.1 Å². The first-order valence-corrected chi connectivity index (χ1v) is 7.33. The monoisotopic (exact) mass is 330 g/mol. The number of nitrogens with zero attached hydrogens (tertiary/aromatic N) is 1. The Bertz CT molecular complexity index is 684. The maximum Gasteiger partial charge on any atom is 0.259 e. The summed E-state index contributed by atoms with van der Waals surface area (Å²) in [6, 6.07) is 13.5. The van der Waals surface area contributed by atoms with Crippen molar-refractivity contribution in [2.75, 3.05) is 10.6 Å². The Morgan fingerprint density at radius 2 is 2.05 bits per heavy atom. The first-order chi connectivity index (χ1) is 9.58. The van der Waals surface area contributed by atoms with Gasteiger partial charge < -0.3 is 10.6 Å². The highest BCUT2D eigenvalue weighted by atomic mass is 79.9. The van der Waals surface area contributed by atoms with Crippen LogP contribution in [0.3, 0.4) is 0 Å². The average Bonchev–Trinajstić information content (AvgIpc) is 2.76. The van der Waals surface area contributed by atoms with E-state index in [9.17, 15) is 4.79 Å². The Balaban J connectivity index is 2.05. The smallest absolute Gasteiger partial charge is 0.259 e. The number of halogens is 1. The van der Waals surface area contributed by atoms with Gasteiger partial charge in [0.25, 0.3) is 5.91 Å². The molecule has 3 nitrogen and oxygen atoms in total. The number of rotatable bonds is 1. The molecule has 0 spiro atoms. The fourth-order valence-electron chi connectivity index (χ4n) is 2.71. The van der Waals surface area contributed by atoms with Crippen LogP contribution in [-0.2, 0) is 6.42 Å². The van der Waals surface area contributed by atoms with E-state index < -0.39 is 0 Å². The van der Waals surface area contributed by atoms with E-state index in [2.05, 4.69) is 28.9 Å². The fourth-order valence-corrected chi connectivity index (χ4v) is 3.13. The number of carbonyl (C=O) groups is 1. The van der Waals surface area contributed by atoms with Gasteiger partial charge >= 0.3 is 0 Å². The highest BCUT2D eigenvalue weighted by molar-refractivity contribution is 9.10. The number of carbonyl (C=O) groups excluding carboxylic acids is 1. The molecular weight excluding hydrogens is 316 g/mol. The maximum absolute atomic E-state index is 12.8. The molecule has 20 heavy (non-hydrogen) atoms. The van der Waals surface area contributed by atoms with E-state index >= 15 is 0 Å². The Morgan fingerprint density at radius 1 is 1.30 bits per heavy atom. The van der Waals surface area contributed by atoms with E-state index in [1.165, 1.54) is 5.56 Å². The van der Waals surface area contributed by atoms with Gasteiger partial charge in [-0.1, -0.05) is 18.2 Å². The number of benzene rings is 2. The zero-order valence-corrected chi connectivity index (χ0v) is 12.7. The predicted octanol–water partition coefficient (Wildman–Crippen LogP) is 3.62. The van der Waals surface area contributed by atoms with E-state index in [4.69, 9.17) is 5.73 Å². The summed E-state index contributed by atoms with van der Waals surface area (Å²) in [4.78, 5) is 14.7. The number of anilines is 2. The van der Waals surface area contributed by atoms with Gasteiger partial charge in [0.2, 0.25) is 0 Å². The first kappa shape index (κ1) is 13.2. The SMILES string of the molecule is CC1Cc2ccccc2N1C(=O)c1cc(N)ccc1Br. The van der Waals surface area contributed by atoms with Crippen molar-refractivity contribution >= 4 is 33.2 Å². The molecule has 1 aliphatic rings. The molecule has 4 heteroatoms. The van der Waals surface area contributed by atoms with E-state index in [0.29, 0.717) is 11.3 Å². The van der Waals surface area contributed by atoms with Gasteiger partial charge in [-0.2, -0.15) is 0 Å². The maximum atomic E-state index is 12.8. The second-order valence-corrected chi connectivity index (χ2v) is 5.95. The summed E-state index contributed by atoms with van der Waals surface area (Å²) < 4.78 is 0.772. The Hall–Kier alpha value is -1.81. The van der Waals surface area contributed by atoms with Gasteiger partial charge in [0, 0.05) is 21.9 Å². The molecule has 0 aliphatic carbocycles. The van der Waals surface area contributed by atoms with Crippen molar-refractivity contribution in [3.8, 4) is 0 Å². The minimum atomic E-state index is -0.0124. The number of nitrogens with two attached hydrogens (primary N) is 1. The van der Waals surface area contributed by atoms with Crippen LogP contribution in [0.15, 0.2) is 46.9 Å². The number of para-hydroxylation sites is 1. The first-order valence-electron chi connectivity index (χ1n) is 6.54. The van der Waals surface area contributed by atoms with E-state index in [0.717, 1.165) is 16.6 Å². The van der Waals surface area contributed by atoms with Crippen molar-refractivity contribution in [1.82, 2.24) is 0 Å². The van der Waals surface area contributed by atoms with Crippen LogP contribution in [0, 0.1) is 0 Å². The third-order valence-electron chi connectivity index (χ3n) is 3.65. The molecule has 2 N–H and O–H groups in total. The van der Waals surface area contributed by atoms with Crippen LogP contribution in [-0.4, -0.2) is 11.9 Å². The van der Waals surface area contributed by atoms with Crippen molar-refractivity contribution in [2.45, 2.75) is 19.4 Å². The van der Waals surface area contributed by atoms with Crippen LogP contribution in [0.4, 0.5) is 11.4 Å². The largest absolute Gasteiger partial charge is 0.399 e. The van der Waals surface area contributed by atoms with Gasteiger partial charge in [-0.15, -0.1) is 0 Å². The molecule has 0 aromatic heterocycles. The number of hydrogen-bond donors (Lipinski definition) is 1. The molecule has 0 fully saturated rings. The molecule has 1 aliphatic heterocycles. The summed E-state index contributed by atoms with van der Waals surface area (Å²) in [5.74, 6) is -0.0124. The average molecular weight is 331 g/mol. The zero-order valence-electron chi connectivity index (χ0n) is 11.1. The van der Waals surface area contributed by atoms with Crippen LogP contribution in [0.25, 0.3) is 0 Å². The molecule has 0 radical (unpaired) electrons. The molecule has 3 rings (SSSR count). The second kappa shape index (κ2) is 4.94. The fraction of sp³-hybridized carbons (Fsp3) is 0.188. The third kappa shape index (κ3) is 2.10. The summed E-state index contributed by atoms with van der Waals surface area (Å²) in [5.41, 5.74) is 9.22. The second-order valence-electron chi connectivity index (χ2n) is 5.10. The van der Waals surface area contributed by atoms with Gasteiger partial charge in [-0.25, -0.2) is 0 Å². The summed E-state index contributed by atoms with van der Waals surface area (Å²) in [6.07, 6.45) is 0.891. The minimum absolute atomic E-state index is 0.0124. The van der Waals surface area contributed by atoms with Crippen LogP contribution >= 0.6 is 15.9 Å². The number of amides is 1. The molecule has 0 saturated carbocycles. The van der Waals surface area contributed by atoms with Crippen LogP contribution in [0.5, 0.6) is 0 Å². The van der Waals surface area contributed by atoms with Gasteiger partial charge in [-0.3, -0.25) is 4.79 Å². The zero-order chi connectivity index (χ0) is 14.3. The van der Waals surface area contributed by atoms with Crippen LogP contribution < -0.4 is 10.6 Å². The normalized spacial score (nSPS) is 17.1. The lowest BCUT2D eigenvalue weighted by Gasteiger charge is -2.23.